The molecule has 1 atom stereocenters. The Hall–Kier alpha value is -1.32. The van der Waals surface area contributed by atoms with Gasteiger partial charge >= 0.3 is 0 Å². The molecule has 0 amide bonds. The summed E-state index contributed by atoms with van der Waals surface area (Å²) in [6, 6.07) is 5.73. The monoisotopic (exact) mass is 226 g/mol. The van der Waals surface area contributed by atoms with Crippen molar-refractivity contribution in [3.63, 3.8) is 0 Å². The lowest BCUT2D eigenvalue weighted by Gasteiger charge is -2.09. The van der Waals surface area contributed by atoms with Gasteiger partial charge in [0.05, 0.1) is 12.5 Å². The second-order valence-electron chi connectivity index (χ2n) is 3.13. The van der Waals surface area contributed by atoms with Crippen LogP contribution in [0.5, 0.6) is 0 Å². The minimum atomic E-state index is -1.03. The third-order valence-electron chi connectivity index (χ3n) is 2.12. The van der Waals surface area contributed by atoms with Crippen LogP contribution in [0.4, 0.5) is 4.39 Å². The first-order valence-corrected chi connectivity index (χ1v) is 4.71. The number of aliphatic hydroxyl groups excluding tert-OH is 1. The molecule has 0 radical (unpaired) electrons. The highest BCUT2D eigenvalue weighted by Gasteiger charge is 2.15. The SMILES string of the molecule is OC(c1ccoc1)c1ccc(Cl)cc1F. The Kier molecular flexibility index (Phi) is 2.75. The van der Waals surface area contributed by atoms with Gasteiger partial charge in [-0.05, 0) is 18.2 Å². The van der Waals surface area contributed by atoms with Gasteiger partial charge < -0.3 is 9.52 Å². The van der Waals surface area contributed by atoms with Crippen molar-refractivity contribution in [1.29, 1.82) is 0 Å². The number of furan rings is 1. The van der Waals surface area contributed by atoms with Crippen molar-refractivity contribution < 1.29 is 13.9 Å². The van der Waals surface area contributed by atoms with E-state index in [1.54, 1.807) is 6.07 Å². The van der Waals surface area contributed by atoms with E-state index >= 15 is 0 Å². The molecule has 1 heterocycles. The van der Waals surface area contributed by atoms with Crippen LogP contribution >= 0.6 is 11.6 Å². The predicted octanol–water partition coefficient (Wildman–Crippen LogP) is 3.15. The van der Waals surface area contributed by atoms with Gasteiger partial charge in [-0.15, -0.1) is 0 Å². The van der Waals surface area contributed by atoms with Crippen LogP contribution in [0.25, 0.3) is 0 Å². The van der Waals surface area contributed by atoms with Gasteiger partial charge in [0.15, 0.2) is 0 Å². The molecule has 4 heteroatoms. The van der Waals surface area contributed by atoms with E-state index in [1.165, 1.54) is 30.7 Å². The normalized spacial score (nSPS) is 12.7. The molecule has 2 nitrogen and oxygen atoms in total. The van der Waals surface area contributed by atoms with E-state index in [0.717, 1.165) is 0 Å². The third-order valence-corrected chi connectivity index (χ3v) is 2.35. The lowest BCUT2D eigenvalue weighted by molar-refractivity contribution is 0.214. The molecule has 1 N–H and O–H groups in total. The molecule has 0 fully saturated rings. The molecule has 0 saturated heterocycles. The Balaban J connectivity index is 2.38. The Morgan fingerprint density at radius 2 is 2.13 bits per heavy atom. The van der Waals surface area contributed by atoms with E-state index in [-0.39, 0.29) is 5.56 Å². The average molecular weight is 227 g/mol. The van der Waals surface area contributed by atoms with Crippen LogP contribution in [0.1, 0.15) is 17.2 Å². The highest BCUT2D eigenvalue weighted by molar-refractivity contribution is 6.30. The largest absolute Gasteiger partial charge is 0.472 e. The highest BCUT2D eigenvalue weighted by Crippen LogP contribution is 2.26. The minimum Gasteiger partial charge on any atom is -0.472 e. The quantitative estimate of drug-likeness (QED) is 0.853. The summed E-state index contributed by atoms with van der Waals surface area (Å²) in [6.07, 6.45) is 1.77. The van der Waals surface area contributed by atoms with Gasteiger partial charge in [-0.25, -0.2) is 4.39 Å². The maximum Gasteiger partial charge on any atom is 0.130 e. The van der Waals surface area contributed by atoms with Crippen LogP contribution in [0.3, 0.4) is 0 Å². The first-order chi connectivity index (χ1) is 7.18. The Morgan fingerprint density at radius 1 is 1.33 bits per heavy atom. The molecule has 0 bridgehead atoms. The molecule has 0 spiro atoms. The molecule has 1 aromatic heterocycles. The van der Waals surface area contributed by atoms with Crippen LogP contribution in [0.2, 0.25) is 5.02 Å². The van der Waals surface area contributed by atoms with E-state index in [9.17, 15) is 9.50 Å². The van der Waals surface area contributed by atoms with Crippen molar-refractivity contribution in [2.45, 2.75) is 6.10 Å². The summed E-state index contributed by atoms with van der Waals surface area (Å²) in [7, 11) is 0. The standard InChI is InChI=1S/C11H8ClFO2/c12-8-1-2-9(10(13)5-8)11(14)7-3-4-15-6-7/h1-6,11,14H. The molecule has 78 valence electrons. The van der Waals surface area contributed by atoms with Crippen molar-refractivity contribution >= 4 is 11.6 Å². The predicted molar refractivity (Wildman–Crippen MR) is 54.2 cm³/mol. The molecule has 1 aromatic carbocycles. The second-order valence-corrected chi connectivity index (χ2v) is 3.56. The first-order valence-electron chi connectivity index (χ1n) is 4.33. The zero-order chi connectivity index (χ0) is 10.8. The zero-order valence-electron chi connectivity index (χ0n) is 7.65. The minimum absolute atomic E-state index is 0.181. The maximum atomic E-state index is 13.4. The lowest BCUT2D eigenvalue weighted by atomic mass is 10.0. The number of halogens is 2. The molecule has 0 aliphatic rings. The van der Waals surface area contributed by atoms with Gasteiger partial charge in [-0.3, -0.25) is 0 Å². The molecular weight excluding hydrogens is 219 g/mol. The van der Waals surface area contributed by atoms with Gasteiger partial charge in [0.2, 0.25) is 0 Å². The fraction of sp³-hybridized carbons (Fsp3) is 0.0909. The number of rotatable bonds is 2. The van der Waals surface area contributed by atoms with Crippen molar-refractivity contribution in [1.82, 2.24) is 0 Å². The summed E-state index contributed by atoms with van der Waals surface area (Å²) in [5.41, 5.74) is 0.692. The number of hydrogen-bond acceptors (Lipinski definition) is 2. The molecule has 15 heavy (non-hydrogen) atoms. The van der Waals surface area contributed by atoms with Crippen LogP contribution < -0.4 is 0 Å². The summed E-state index contributed by atoms with van der Waals surface area (Å²) in [6.45, 7) is 0. The fourth-order valence-electron chi connectivity index (χ4n) is 1.33. The third kappa shape index (κ3) is 2.03. The van der Waals surface area contributed by atoms with Gasteiger partial charge in [-0.1, -0.05) is 17.7 Å². The molecule has 0 saturated carbocycles. The van der Waals surface area contributed by atoms with Crippen molar-refractivity contribution in [2.24, 2.45) is 0 Å². The zero-order valence-corrected chi connectivity index (χ0v) is 8.41. The number of benzene rings is 1. The molecule has 0 aliphatic carbocycles. The molecular formula is C11H8ClFO2. The number of aliphatic hydroxyl groups is 1. The summed E-state index contributed by atoms with van der Waals surface area (Å²) >= 11 is 5.61. The Labute approximate surface area is 90.9 Å². The van der Waals surface area contributed by atoms with Gasteiger partial charge in [0, 0.05) is 16.1 Å². The van der Waals surface area contributed by atoms with Crippen LogP contribution in [-0.2, 0) is 0 Å². The molecule has 0 aliphatic heterocycles. The van der Waals surface area contributed by atoms with Crippen molar-refractivity contribution in [2.75, 3.05) is 0 Å². The summed E-state index contributed by atoms with van der Waals surface area (Å²) in [5, 5.41) is 10.1. The highest BCUT2D eigenvalue weighted by atomic mass is 35.5. The van der Waals surface area contributed by atoms with E-state index in [2.05, 4.69) is 0 Å². The van der Waals surface area contributed by atoms with Gasteiger partial charge in [0.25, 0.3) is 0 Å². The molecule has 2 rings (SSSR count). The summed E-state index contributed by atoms with van der Waals surface area (Å²) < 4.78 is 18.2. The first kappa shape index (κ1) is 10.2. The molecule has 2 aromatic rings. The smallest absolute Gasteiger partial charge is 0.130 e. The van der Waals surface area contributed by atoms with Crippen LogP contribution in [0.15, 0.2) is 41.2 Å². The van der Waals surface area contributed by atoms with Crippen LogP contribution in [0, 0.1) is 5.82 Å². The Bertz CT molecular complexity index is 454. The molecule has 1 unspecified atom stereocenters. The van der Waals surface area contributed by atoms with E-state index in [4.69, 9.17) is 16.0 Å². The average Bonchev–Trinajstić information content (AvgIpc) is 2.69. The second kappa shape index (κ2) is 4.04. The van der Waals surface area contributed by atoms with Gasteiger partial charge in [-0.2, -0.15) is 0 Å². The van der Waals surface area contributed by atoms with E-state index < -0.39 is 11.9 Å². The Morgan fingerprint density at radius 3 is 2.73 bits per heavy atom. The lowest BCUT2D eigenvalue weighted by Crippen LogP contribution is -2.00. The van der Waals surface area contributed by atoms with Crippen molar-refractivity contribution in [3.8, 4) is 0 Å². The maximum absolute atomic E-state index is 13.4. The van der Waals surface area contributed by atoms with Crippen molar-refractivity contribution in [3.05, 3.63) is 58.8 Å². The van der Waals surface area contributed by atoms with E-state index in [0.29, 0.717) is 10.6 Å². The number of hydrogen-bond donors (Lipinski definition) is 1. The van der Waals surface area contributed by atoms with E-state index in [1.807, 2.05) is 0 Å². The van der Waals surface area contributed by atoms with Gasteiger partial charge in [0.1, 0.15) is 11.9 Å². The summed E-state index contributed by atoms with van der Waals surface area (Å²) in [4.78, 5) is 0. The topological polar surface area (TPSA) is 33.4 Å². The summed E-state index contributed by atoms with van der Waals surface area (Å²) in [5.74, 6) is -0.531. The van der Waals surface area contributed by atoms with Crippen LogP contribution in [-0.4, -0.2) is 5.11 Å². The fourth-order valence-corrected chi connectivity index (χ4v) is 1.49.